The third-order valence-electron chi connectivity index (χ3n) is 5.11. The number of aromatic nitrogens is 1. The number of aliphatic hydroxyl groups is 1. The van der Waals surface area contributed by atoms with E-state index in [0.717, 1.165) is 0 Å². The van der Waals surface area contributed by atoms with Crippen LogP contribution >= 0.6 is 0 Å². The molecule has 1 saturated heterocycles. The molecule has 0 saturated carbocycles. The lowest BCUT2D eigenvalue weighted by Gasteiger charge is -2.31. The molecule has 1 aromatic carbocycles. The molecule has 2 N–H and O–H groups in total. The van der Waals surface area contributed by atoms with Crippen LogP contribution in [0.25, 0.3) is 0 Å². The number of hydrogen-bond acceptors (Lipinski definition) is 8. The molecule has 10 heteroatoms. The van der Waals surface area contributed by atoms with E-state index in [2.05, 4.69) is 15.2 Å². The van der Waals surface area contributed by atoms with Crippen LogP contribution in [0.2, 0.25) is 0 Å². The van der Waals surface area contributed by atoms with Gasteiger partial charge in [0, 0.05) is 44.5 Å². The third kappa shape index (κ3) is 5.01. The van der Waals surface area contributed by atoms with Crippen molar-refractivity contribution in [2.45, 2.75) is 11.0 Å². The summed E-state index contributed by atoms with van der Waals surface area (Å²) in [4.78, 5) is 6.46. The standard InChI is InChI=1S/C20H28N4O5S/c1-23-8-10-24(11-9-23)30(26,27)16-5-7-20(21-13-16)22-14-18(25)17-12-15(28-2)4-6-19(17)29-3/h4-7,12-13,18,25H,8-11,14H2,1-3H3,(H,21,22). The van der Waals surface area contributed by atoms with Crippen LogP contribution in [0.3, 0.4) is 0 Å². The molecule has 164 valence electrons. The van der Waals surface area contributed by atoms with Gasteiger partial charge in [-0.15, -0.1) is 0 Å². The molecule has 1 fully saturated rings. The molecular formula is C20H28N4O5S. The van der Waals surface area contributed by atoms with Crippen LogP contribution in [0, 0.1) is 0 Å². The van der Waals surface area contributed by atoms with E-state index in [1.54, 1.807) is 31.4 Å². The summed E-state index contributed by atoms with van der Waals surface area (Å²) in [6.45, 7) is 2.51. The van der Waals surface area contributed by atoms with Crippen LogP contribution in [-0.4, -0.2) is 81.7 Å². The van der Waals surface area contributed by atoms with Gasteiger partial charge < -0.3 is 24.8 Å². The van der Waals surface area contributed by atoms with Crippen molar-refractivity contribution < 1.29 is 23.0 Å². The number of pyridine rings is 1. The number of anilines is 1. The predicted octanol–water partition coefficient (Wildman–Crippen LogP) is 1.18. The second-order valence-electron chi connectivity index (χ2n) is 7.09. The molecule has 3 rings (SSSR count). The molecule has 1 atom stereocenters. The van der Waals surface area contributed by atoms with E-state index in [-0.39, 0.29) is 11.4 Å². The highest BCUT2D eigenvalue weighted by atomic mass is 32.2. The molecular weight excluding hydrogens is 408 g/mol. The normalized spacial score (nSPS) is 16.8. The maximum absolute atomic E-state index is 12.8. The highest BCUT2D eigenvalue weighted by molar-refractivity contribution is 7.89. The third-order valence-corrected chi connectivity index (χ3v) is 6.99. The van der Waals surface area contributed by atoms with Gasteiger partial charge in [0.1, 0.15) is 22.2 Å². The second-order valence-corrected chi connectivity index (χ2v) is 9.03. The number of ether oxygens (including phenoxy) is 2. The minimum Gasteiger partial charge on any atom is -0.497 e. The Bertz CT molecular complexity index is 944. The average Bonchev–Trinajstić information content (AvgIpc) is 2.77. The molecule has 1 aliphatic rings. The lowest BCUT2D eigenvalue weighted by Crippen LogP contribution is -2.47. The van der Waals surface area contributed by atoms with E-state index < -0.39 is 16.1 Å². The summed E-state index contributed by atoms with van der Waals surface area (Å²) in [5.74, 6) is 1.63. The molecule has 0 amide bonds. The smallest absolute Gasteiger partial charge is 0.244 e. The highest BCUT2D eigenvalue weighted by Crippen LogP contribution is 2.29. The first-order chi connectivity index (χ1) is 14.3. The summed E-state index contributed by atoms with van der Waals surface area (Å²) in [6.07, 6.45) is 0.472. The van der Waals surface area contributed by atoms with Gasteiger partial charge >= 0.3 is 0 Å². The highest BCUT2D eigenvalue weighted by Gasteiger charge is 2.27. The van der Waals surface area contributed by atoms with E-state index in [4.69, 9.17) is 9.47 Å². The van der Waals surface area contributed by atoms with Gasteiger partial charge in [-0.25, -0.2) is 13.4 Å². The van der Waals surface area contributed by atoms with E-state index >= 15 is 0 Å². The number of benzene rings is 1. The summed E-state index contributed by atoms with van der Waals surface area (Å²) in [5.41, 5.74) is 0.582. The molecule has 1 unspecified atom stereocenters. The maximum Gasteiger partial charge on any atom is 0.244 e. The van der Waals surface area contributed by atoms with Crippen molar-refractivity contribution in [1.82, 2.24) is 14.2 Å². The minimum atomic E-state index is -3.56. The number of sulfonamides is 1. The predicted molar refractivity (Wildman–Crippen MR) is 113 cm³/mol. The van der Waals surface area contributed by atoms with Crippen LogP contribution in [0.1, 0.15) is 11.7 Å². The SMILES string of the molecule is COc1ccc(OC)c(C(O)CNc2ccc(S(=O)(=O)N3CCN(C)CC3)cn2)c1. The lowest BCUT2D eigenvalue weighted by atomic mass is 10.1. The number of methoxy groups -OCH3 is 2. The monoisotopic (exact) mass is 436 g/mol. The molecule has 1 aliphatic heterocycles. The first kappa shape index (κ1) is 22.3. The number of piperazine rings is 1. The molecule has 30 heavy (non-hydrogen) atoms. The van der Waals surface area contributed by atoms with Crippen molar-refractivity contribution in [2.75, 3.05) is 59.3 Å². The minimum absolute atomic E-state index is 0.160. The van der Waals surface area contributed by atoms with Crippen molar-refractivity contribution in [1.29, 1.82) is 0 Å². The quantitative estimate of drug-likeness (QED) is 0.636. The van der Waals surface area contributed by atoms with E-state index in [1.807, 2.05) is 7.05 Å². The molecule has 2 aromatic rings. The van der Waals surface area contributed by atoms with Gasteiger partial charge in [0.05, 0.1) is 20.3 Å². The van der Waals surface area contributed by atoms with Gasteiger partial charge in [-0.3, -0.25) is 0 Å². The topological polar surface area (TPSA) is 104 Å². The summed E-state index contributed by atoms with van der Waals surface area (Å²) in [6, 6.07) is 8.32. The fourth-order valence-electron chi connectivity index (χ4n) is 3.23. The lowest BCUT2D eigenvalue weighted by molar-refractivity contribution is 0.186. The van der Waals surface area contributed by atoms with Gasteiger partial charge in [-0.2, -0.15) is 4.31 Å². The van der Waals surface area contributed by atoms with E-state index in [1.165, 1.54) is 23.7 Å². The van der Waals surface area contributed by atoms with Crippen molar-refractivity contribution in [3.63, 3.8) is 0 Å². The first-order valence-corrected chi connectivity index (χ1v) is 11.1. The van der Waals surface area contributed by atoms with Crippen LogP contribution in [0.4, 0.5) is 5.82 Å². The molecule has 1 aromatic heterocycles. The Balaban J connectivity index is 1.65. The van der Waals surface area contributed by atoms with Crippen molar-refractivity contribution in [3.8, 4) is 11.5 Å². The molecule has 0 bridgehead atoms. The Kier molecular flexibility index (Phi) is 7.14. The van der Waals surface area contributed by atoms with Gasteiger partial charge in [0.2, 0.25) is 10.0 Å². The number of aliphatic hydroxyl groups excluding tert-OH is 1. The Labute approximate surface area is 177 Å². The van der Waals surface area contributed by atoms with Crippen LogP contribution < -0.4 is 14.8 Å². The zero-order valence-corrected chi connectivity index (χ0v) is 18.2. The largest absolute Gasteiger partial charge is 0.497 e. The molecule has 0 spiro atoms. The van der Waals surface area contributed by atoms with Crippen molar-refractivity contribution in [3.05, 3.63) is 42.1 Å². The molecule has 2 heterocycles. The average molecular weight is 437 g/mol. The summed E-state index contributed by atoms with van der Waals surface area (Å²) in [5, 5.41) is 13.6. The zero-order chi connectivity index (χ0) is 21.7. The van der Waals surface area contributed by atoms with Gasteiger partial charge in [-0.1, -0.05) is 0 Å². The molecule has 0 aliphatic carbocycles. The van der Waals surface area contributed by atoms with Crippen molar-refractivity contribution >= 4 is 15.8 Å². The Morgan fingerprint density at radius 1 is 1.13 bits per heavy atom. The fraction of sp³-hybridized carbons (Fsp3) is 0.450. The Morgan fingerprint density at radius 3 is 2.47 bits per heavy atom. The zero-order valence-electron chi connectivity index (χ0n) is 17.4. The van der Waals surface area contributed by atoms with E-state index in [0.29, 0.717) is 49.1 Å². The Morgan fingerprint density at radius 2 is 1.87 bits per heavy atom. The number of nitrogens with zero attached hydrogens (tertiary/aromatic N) is 3. The van der Waals surface area contributed by atoms with Crippen LogP contribution in [0.15, 0.2) is 41.4 Å². The maximum atomic E-state index is 12.8. The Hall–Kier alpha value is -2.40. The first-order valence-electron chi connectivity index (χ1n) is 9.63. The number of likely N-dealkylation sites (N-methyl/N-ethyl adjacent to an activating group) is 1. The second kappa shape index (κ2) is 9.61. The molecule has 0 radical (unpaired) electrons. The fourth-order valence-corrected chi connectivity index (χ4v) is 4.59. The van der Waals surface area contributed by atoms with Crippen molar-refractivity contribution in [2.24, 2.45) is 0 Å². The van der Waals surface area contributed by atoms with Gasteiger partial charge in [0.15, 0.2) is 0 Å². The van der Waals surface area contributed by atoms with Crippen LogP contribution in [0.5, 0.6) is 11.5 Å². The number of hydrogen-bond donors (Lipinski definition) is 2. The van der Waals surface area contributed by atoms with Gasteiger partial charge in [0.25, 0.3) is 0 Å². The summed E-state index contributed by atoms with van der Waals surface area (Å²) < 4.78 is 37.5. The number of rotatable bonds is 8. The van der Waals surface area contributed by atoms with Crippen LogP contribution in [-0.2, 0) is 10.0 Å². The van der Waals surface area contributed by atoms with Gasteiger partial charge in [-0.05, 0) is 37.4 Å². The van der Waals surface area contributed by atoms with E-state index in [9.17, 15) is 13.5 Å². The molecule has 9 nitrogen and oxygen atoms in total. The number of nitrogens with one attached hydrogen (secondary N) is 1. The summed E-state index contributed by atoms with van der Waals surface area (Å²) >= 11 is 0. The summed E-state index contributed by atoms with van der Waals surface area (Å²) in [7, 11) is 1.50.